The second-order valence-corrected chi connectivity index (χ2v) is 8.59. The van der Waals surface area contributed by atoms with E-state index >= 15 is 0 Å². The lowest BCUT2D eigenvalue weighted by Gasteiger charge is -2.31. The van der Waals surface area contributed by atoms with Gasteiger partial charge in [-0.1, -0.05) is 24.3 Å². The Labute approximate surface area is 147 Å². The number of rotatable bonds is 5. The second kappa shape index (κ2) is 7.62. The Balaban J connectivity index is 1.56. The predicted molar refractivity (Wildman–Crippen MR) is 93.2 cm³/mol. The Bertz CT molecular complexity index is 814. The maximum atomic E-state index is 13.8. The summed E-state index contributed by atoms with van der Waals surface area (Å²) in [6.45, 7) is 2.14. The van der Waals surface area contributed by atoms with Gasteiger partial charge in [0.1, 0.15) is 16.5 Å². The zero-order chi connectivity index (χ0) is 17.9. The molecule has 0 unspecified atom stereocenters. The Morgan fingerprint density at radius 2 is 1.60 bits per heavy atom. The summed E-state index contributed by atoms with van der Waals surface area (Å²) in [7, 11) is -3.63. The minimum absolute atomic E-state index is 0.195. The van der Waals surface area contributed by atoms with Crippen LogP contribution in [0, 0.1) is 11.6 Å². The van der Waals surface area contributed by atoms with Gasteiger partial charge in [0.25, 0.3) is 0 Å². The average Bonchev–Trinajstić information content (AvgIpc) is 2.62. The Kier molecular flexibility index (Phi) is 5.49. The van der Waals surface area contributed by atoms with E-state index in [4.69, 9.17) is 0 Å². The lowest BCUT2D eigenvalue weighted by molar-refractivity contribution is 0.232. The number of hydrogen-bond acceptors (Lipinski definition) is 3. The van der Waals surface area contributed by atoms with Gasteiger partial charge in [0, 0.05) is 6.54 Å². The summed E-state index contributed by atoms with van der Waals surface area (Å²) in [4.78, 5) is 2.01. The highest BCUT2D eigenvalue weighted by atomic mass is 32.2. The van der Waals surface area contributed by atoms with Crippen molar-refractivity contribution in [3.05, 3.63) is 65.7 Å². The van der Waals surface area contributed by atoms with Gasteiger partial charge in [-0.3, -0.25) is 0 Å². The topological polar surface area (TPSA) is 37.4 Å². The average molecular weight is 365 g/mol. The molecular weight excluding hydrogens is 344 g/mol. The number of nitrogens with zero attached hydrogens (tertiary/aromatic N) is 1. The van der Waals surface area contributed by atoms with Crippen molar-refractivity contribution in [2.75, 3.05) is 19.6 Å². The van der Waals surface area contributed by atoms with Crippen molar-refractivity contribution >= 4 is 9.84 Å². The molecule has 3 nitrogen and oxygen atoms in total. The highest BCUT2D eigenvalue weighted by molar-refractivity contribution is 7.92. The number of hydrogen-bond donors (Lipinski definition) is 0. The number of piperidine rings is 1. The lowest BCUT2D eigenvalue weighted by Crippen LogP contribution is -2.40. The Morgan fingerprint density at radius 3 is 2.24 bits per heavy atom. The largest absolute Gasteiger partial charge is 0.303 e. The van der Waals surface area contributed by atoms with Crippen molar-refractivity contribution in [2.45, 2.75) is 29.4 Å². The van der Waals surface area contributed by atoms with Crippen LogP contribution in [0.5, 0.6) is 0 Å². The first-order valence-electron chi connectivity index (χ1n) is 8.42. The molecule has 1 fully saturated rings. The first-order valence-corrected chi connectivity index (χ1v) is 9.96. The quantitative estimate of drug-likeness (QED) is 0.815. The zero-order valence-corrected chi connectivity index (χ0v) is 14.7. The summed E-state index contributed by atoms with van der Waals surface area (Å²) in [5.74, 6) is -0.927. The molecule has 1 saturated heterocycles. The molecule has 0 atom stereocenters. The number of halogens is 2. The third kappa shape index (κ3) is 4.25. The van der Waals surface area contributed by atoms with Gasteiger partial charge < -0.3 is 4.90 Å². The van der Waals surface area contributed by atoms with Crippen LogP contribution in [0.25, 0.3) is 0 Å². The fourth-order valence-electron chi connectivity index (χ4n) is 3.24. The van der Waals surface area contributed by atoms with Gasteiger partial charge in [0.05, 0.1) is 5.25 Å². The van der Waals surface area contributed by atoms with E-state index in [1.54, 1.807) is 18.2 Å². The fraction of sp³-hybridized carbons (Fsp3) is 0.368. The smallest absolute Gasteiger partial charge is 0.184 e. The molecule has 0 spiro atoms. The van der Waals surface area contributed by atoms with Crippen molar-refractivity contribution in [1.82, 2.24) is 4.90 Å². The molecule has 2 aromatic rings. The highest BCUT2D eigenvalue weighted by Crippen LogP contribution is 2.26. The summed E-state index contributed by atoms with van der Waals surface area (Å²) in [6.07, 6.45) is 1.80. The van der Waals surface area contributed by atoms with Crippen molar-refractivity contribution in [1.29, 1.82) is 0 Å². The molecule has 2 aromatic carbocycles. The number of benzene rings is 2. The van der Waals surface area contributed by atoms with Gasteiger partial charge in [-0.25, -0.2) is 17.2 Å². The SMILES string of the molecule is O=S(=O)(c1ccccc1F)C1CCN(CCc2ccc(F)cc2)CC1. The van der Waals surface area contributed by atoms with Gasteiger partial charge in [-0.05, 0) is 62.2 Å². The third-order valence-corrected chi connectivity index (χ3v) is 7.04. The minimum atomic E-state index is -3.63. The van der Waals surface area contributed by atoms with Crippen LogP contribution in [0.4, 0.5) is 8.78 Å². The van der Waals surface area contributed by atoms with Crippen LogP contribution in [-0.4, -0.2) is 38.2 Å². The lowest BCUT2D eigenvalue weighted by atomic mass is 10.1. The summed E-state index contributed by atoms with van der Waals surface area (Å²) < 4.78 is 52.0. The molecule has 25 heavy (non-hydrogen) atoms. The zero-order valence-electron chi connectivity index (χ0n) is 13.9. The van der Waals surface area contributed by atoms with E-state index in [1.807, 2.05) is 0 Å². The molecule has 0 saturated carbocycles. The van der Waals surface area contributed by atoms with E-state index < -0.39 is 20.9 Å². The third-order valence-electron chi connectivity index (χ3n) is 4.75. The Morgan fingerprint density at radius 1 is 0.960 bits per heavy atom. The van der Waals surface area contributed by atoms with Gasteiger partial charge in [0.15, 0.2) is 9.84 Å². The molecule has 0 radical (unpaired) electrons. The summed E-state index contributed by atoms with van der Waals surface area (Å²) >= 11 is 0. The molecule has 0 bridgehead atoms. The molecule has 3 rings (SSSR count). The molecule has 6 heteroatoms. The molecule has 134 valence electrons. The van der Waals surface area contributed by atoms with Crippen LogP contribution in [0.2, 0.25) is 0 Å². The van der Waals surface area contributed by atoms with Crippen LogP contribution in [-0.2, 0) is 16.3 Å². The van der Waals surface area contributed by atoms with Crippen LogP contribution in [0.15, 0.2) is 53.4 Å². The first kappa shape index (κ1) is 18.0. The van der Waals surface area contributed by atoms with Crippen LogP contribution >= 0.6 is 0 Å². The summed E-state index contributed by atoms with van der Waals surface area (Å²) in [5.41, 5.74) is 1.06. The number of likely N-dealkylation sites (tertiary alicyclic amines) is 1. The molecule has 1 aliphatic heterocycles. The molecule has 0 aromatic heterocycles. The van der Waals surface area contributed by atoms with Crippen molar-refractivity contribution in [3.63, 3.8) is 0 Å². The Hall–Kier alpha value is -1.79. The van der Waals surface area contributed by atoms with E-state index in [2.05, 4.69) is 4.90 Å². The van der Waals surface area contributed by atoms with E-state index in [1.165, 1.54) is 30.3 Å². The standard InChI is InChI=1S/C19H21F2NO2S/c20-16-7-5-15(6-8-16)9-12-22-13-10-17(11-14-22)25(23,24)19-4-2-1-3-18(19)21/h1-8,17H,9-14H2. The van der Waals surface area contributed by atoms with Gasteiger partial charge in [0.2, 0.25) is 0 Å². The maximum Gasteiger partial charge on any atom is 0.184 e. The van der Waals surface area contributed by atoms with Crippen LogP contribution < -0.4 is 0 Å². The normalized spacial score (nSPS) is 16.9. The maximum absolute atomic E-state index is 13.8. The van der Waals surface area contributed by atoms with Crippen LogP contribution in [0.1, 0.15) is 18.4 Å². The van der Waals surface area contributed by atoms with Crippen molar-refractivity contribution < 1.29 is 17.2 Å². The van der Waals surface area contributed by atoms with Gasteiger partial charge in [-0.15, -0.1) is 0 Å². The summed E-state index contributed by atoms with van der Waals surface area (Å²) in [6, 6.07) is 12.0. The molecule has 1 aliphatic rings. The van der Waals surface area contributed by atoms with Gasteiger partial charge >= 0.3 is 0 Å². The molecule has 0 amide bonds. The minimum Gasteiger partial charge on any atom is -0.303 e. The predicted octanol–water partition coefficient (Wildman–Crippen LogP) is 3.45. The molecule has 0 N–H and O–H groups in total. The fourth-order valence-corrected chi connectivity index (χ4v) is 5.04. The summed E-state index contributed by atoms with van der Waals surface area (Å²) in [5, 5.41) is -0.536. The molecular formula is C19H21F2NO2S. The van der Waals surface area contributed by atoms with Crippen LogP contribution in [0.3, 0.4) is 0 Å². The van der Waals surface area contributed by atoms with Crippen molar-refractivity contribution in [2.24, 2.45) is 0 Å². The second-order valence-electron chi connectivity index (χ2n) is 6.39. The van der Waals surface area contributed by atoms with Crippen molar-refractivity contribution in [3.8, 4) is 0 Å². The van der Waals surface area contributed by atoms with E-state index in [-0.39, 0.29) is 10.7 Å². The van der Waals surface area contributed by atoms with E-state index in [9.17, 15) is 17.2 Å². The number of sulfone groups is 1. The molecule has 1 heterocycles. The first-order chi connectivity index (χ1) is 12.0. The highest BCUT2D eigenvalue weighted by Gasteiger charge is 2.32. The molecule has 0 aliphatic carbocycles. The van der Waals surface area contributed by atoms with E-state index in [0.29, 0.717) is 25.9 Å². The van der Waals surface area contributed by atoms with Gasteiger partial charge in [-0.2, -0.15) is 0 Å². The van der Waals surface area contributed by atoms with E-state index in [0.717, 1.165) is 18.5 Å². The monoisotopic (exact) mass is 365 g/mol.